The molecule has 2 heteroatoms. The van der Waals surface area contributed by atoms with E-state index >= 15 is 0 Å². The molecule has 0 amide bonds. The number of rotatable bonds is 5. The first-order valence-corrected chi connectivity index (χ1v) is 6.31. The van der Waals surface area contributed by atoms with E-state index in [-0.39, 0.29) is 0 Å². The molecule has 2 unspecified atom stereocenters. The Morgan fingerprint density at radius 3 is 2.53 bits per heavy atom. The van der Waals surface area contributed by atoms with Crippen LogP contribution in [0.3, 0.4) is 0 Å². The molecule has 0 N–H and O–H groups in total. The monoisotopic (exact) mass is 270 g/mol. The summed E-state index contributed by atoms with van der Waals surface area (Å²) < 4.78 is 5.34. The summed E-state index contributed by atoms with van der Waals surface area (Å²) in [4.78, 5) is 0.585. The number of hydrogen-bond donors (Lipinski definition) is 0. The van der Waals surface area contributed by atoms with E-state index in [2.05, 4.69) is 41.9 Å². The van der Waals surface area contributed by atoms with Crippen LogP contribution in [-0.2, 0) is 6.42 Å². The van der Waals surface area contributed by atoms with Gasteiger partial charge in [-0.05, 0) is 30.4 Å². The van der Waals surface area contributed by atoms with Crippen LogP contribution in [0.15, 0.2) is 24.3 Å². The molecule has 0 saturated heterocycles. The Morgan fingerprint density at radius 1 is 1.27 bits per heavy atom. The van der Waals surface area contributed by atoms with Crippen LogP contribution in [0.25, 0.3) is 0 Å². The van der Waals surface area contributed by atoms with Crippen LogP contribution < -0.4 is 4.74 Å². The Labute approximate surface area is 101 Å². The van der Waals surface area contributed by atoms with Crippen molar-refractivity contribution in [1.29, 1.82) is 0 Å². The zero-order valence-corrected chi connectivity index (χ0v) is 11.3. The Kier molecular flexibility index (Phi) is 5.16. The largest absolute Gasteiger partial charge is 0.496 e. The second kappa shape index (κ2) is 6.16. The topological polar surface area (TPSA) is 9.23 Å². The summed E-state index contributed by atoms with van der Waals surface area (Å²) >= 11 is 3.59. The molecule has 0 aromatic heterocycles. The van der Waals surface area contributed by atoms with Crippen LogP contribution >= 0.6 is 15.9 Å². The highest BCUT2D eigenvalue weighted by molar-refractivity contribution is 9.09. The lowest BCUT2D eigenvalue weighted by molar-refractivity contribution is 0.404. The highest BCUT2D eigenvalue weighted by Crippen LogP contribution is 2.23. The highest BCUT2D eigenvalue weighted by atomic mass is 79.9. The molecule has 2 atom stereocenters. The SMILES string of the molecule is COc1ccccc1CC(C)CC(C)Br. The number of alkyl halides is 1. The van der Waals surface area contributed by atoms with Gasteiger partial charge in [0.1, 0.15) is 5.75 Å². The van der Waals surface area contributed by atoms with Crippen molar-refractivity contribution in [3.8, 4) is 5.75 Å². The first-order valence-electron chi connectivity index (χ1n) is 5.39. The van der Waals surface area contributed by atoms with Gasteiger partial charge in [-0.25, -0.2) is 0 Å². The Morgan fingerprint density at radius 2 is 1.93 bits per heavy atom. The molecule has 84 valence electrons. The van der Waals surface area contributed by atoms with Gasteiger partial charge in [0.2, 0.25) is 0 Å². The lowest BCUT2D eigenvalue weighted by Crippen LogP contribution is -2.06. The maximum Gasteiger partial charge on any atom is 0.122 e. The molecule has 1 nitrogen and oxygen atoms in total. The van der Waals surface area contributed by atoms with Crippen molar-refractivity contribution in [1.82, 2.24) is 0 Å². The van der Waals surface area contributed by atoms with Crippen molar-refractivity contribution in [2.24, 2.45) is 5.92 Å². The fourth-order valence-corrected chi connectivity index (χ4v) is 2.52. The molecule has 0 radical (unpaired) electrons. The van der Waals surface area contributed by atoms with Crippen molar-refractivity contribution in [2.45, 2.75) is 31.5 Å². The van der Waals surface area contributed by atoms with Gasteiger partial charge in [-0.15, -0.1) is 0 Å². The molecule has 0 saturated carbocycles. The summed E-state index contributed by atoms with van der Waals surface area (Å²) in [7, 11) is 1.73. The van der Waals surface area contributed by atoms with Crippen molar-refractivity contribution < 1.29 is 4.74 Å². The van der Waals surface area contributed by atoms with E-state index in [1.807, 2.05) is 12.1 Å². The Bertz CT molecular complexity index is 296. The van der Waals surface area contributed by atoms with Gasteiger partial charge in [-0.2, -0.15) is 0 Å². The number of benzene rings is 1. The lowest BCUT2D eigenvalue weighted by Gasteiger charge is -2.15. The van der Waals surface area contributed by atoms with E-state index in [4.69, 9.17) is 4.74 Å². The van der Waals surface area contributed by atoms with Crippen LogP contribution in [-0.4, -0.2) is 11.9 Å². The van der Waals surface area contributed by atoms with E-state index in [1.165, 1.54) is 12.0 Å². The number of hydrogen-bond acceptors (Lipinski definition) is 1. The third-order valence-electron chi connectivity index (χ3n) is 2.49. The molecule has 0 fully saturated rings. The predicted molar refractivity (Wildman–Crippen MR) is 68.9 cm³/mol. The minimum Gasteiger partial charge on any atom is -0.496 e. The molecule has 0 aliphatic heterocycles. The molecule has 1 aromatic rings. The summed E-state index contributed by atoms with van der Waals surface area (Å²) in [5, 5.41) is 0. The van der Waals surface area contributed by atoms with Gasteiger partial charge in [-0.1, -0.05) is 48.0 Å². The number of ether oxygens (including phenoxy) is 1. The molecule has 15 heavy (non-hydrogen) atoms. The molecule has 1 aromatic carbocycles. The molecule has 0 spiro atoms. The van der Waals surface area contributed by atoms with Gasteiger partial charge in [0.15, 0.2) is 0 Å². The van der Waals surface area contributed by atoms with E-state index in [1.54, 1.807) is 7.11 Å². The van der Waals surface area contributed by atoms with Gasteiger partial charge >= 0.3 is 0 Å². The van der Waals surface area contributed by atoms with Crippen LogP contribution in [0.5, 0.6) is 5.75 Å². The zero-order chi connectivity index (χ0) is 11.3. The molecular formula is C13H19BrO. The van der Waals surface area contributed by atoms with Gasteiger partial charge in [0.25, 0.3) is 0 Å². The lowest BCUT2D eigenvalue weighted by atomic mass is 9.96. The standard InChI is InChI=1S/C13H19BrO/c1-10(8-11(2)14)9-12-6-4-5-7-13(12)15-3/h4-7,10-11H,8-9H2,1-3H3. The van der Waals surface area contributed by atoms with Crippen molar-refractivity contribution in [2.75, 3.05) is 7.11 Å². The average molecular weight is 271 g/mol. The second-order valence-corrected chi connectivity index (χ2v) is 5.70. The summed E-state index contributed by atoms with van der Waals surface area (Å²) in [5.41, 5.74) is 1.31. The van der Waals surface area contributed by atoms with Crippen molar-refractivity contribution in [3.05, 3.63) is 29.8 Å². The number of methoxy groups -OCH3 is 1. The minimum atomic E-state index is 0.585. The minimum absolute atomic E-state index is 0.585. The number of halogens is 1. The maximum absolute atomic E-state index is 5.34. The Hall–Kier alpha value is -0.500. The molecule has 0 heterocycles. The Balaban J connectivity index is 2.63. The summed E-state index contributed by atoms with van der Waals surface area (Å²) in [5.74, 6) is 1.68. The first-order chi connectivity index (χ1) is 7.13. The van der Waals surface area contributed by atoms with Gasteiger partial charge in [0, 0.05) is 4.83 Å². The average Bonchev–Trinajstić information content (AvgIpc) is 2.17. The fourth-order valence-electron chi connectivity index (χ4n) is 1.88. The first kappa shape index (κ1) is 12.6. The van der Waals surface area contributed by atoms with Crippen molar-refractivity contribution >= 4 is 15.9 Å². The van der Waals surface area contributed by atoms with E-state index in [9.17, 15) is 0 Å². The van der Waals surface area contributed by atoms with Crippen LogP contribution in [0.1, 0.15) is 25.8 Å². The summed E-state index contributed by atoms with van der Waals surface area (Å²) in [6, 6.07) is 8.26. The van der Waals surface area contributed by atoms with E-state index < -0.39 is 0 Å². The predicted octanol–water partition coefficient (Wildman–Crippen LogP) is 4.05. The molecule has 0 aliphatic rings. The fraction of sp³-hybridized carbons (Fsp3) is 0.538. The zero-order valence-electron chi connectivity index (χ0n) is 9.66. The van der Waals surface area contributed by atoms with Gasteiger partial charge in [-0.3, -0.25) is 0 Å². The molecule has 0 bridgehead atoms. The highest BCUT2D eigenvalue weighted by Gasteiger charge is 2.09. The van der Waals surface area contributed by atoms with E-state index in [0.717, 1.165) is 12.2 Å². The van der Waals surface area contributed by atoms with Crippen LogP contribution in [0.4, 0.5) is 0 Å². The van der Waals surface area contributed by atoms with Gasteiger partial charge in [0.05, 0.1) is 7.11 Å². The number of para-hydroxylation sites is 1. The maximum atomic E-state index is 5.34. The molecule has 0 aliphatic carbocycles. The van der Waals surface area contributed by atoms with Crippen LogP contribution in [0, 0.1) is 5.92 Å². The third-order valence-corrected chi connectivity index (χ3v) is 2.86. The smallest absolute Gasteiger partial charge is 0.122 e. The van der Waals surface area contributed by atoms with Crippen molar-refractivity contribution in [3.63, 3.8) is 0 Å². The van der Waals surface area contributed by atoms with Crippen LogP contribution in [0.2, 0.25) is 0 Å². The molecule has 1 rings (SSSR count). The molecular weight excluding hydrogens is 252 g/mol. The third kappa shape index (κ3) is 4.25. The normalized spacial score (nSPS) is 14.7. The summed E-state index contributed by atoms with van der Waals surface area (Å²) in [6.45, 7) is 4.48. The quantitative estimate of drug-likeness (QED) is 0.734. The van der Waals surface area contributed by atoms with E-state index in [0.29, 0.717) is 10.7 Å². The van der Waals surface area contributed by atoms with Gasteiger partial charge < -0.3 is 4.74 Å². The second-order valence-electron chi connectivity index (χ2n) is 4.14. The summed E-state index contributed by atoms with van der Waals surface area (Å²) in [6.07, 6.45) is 2.28.